The van der Waals surface area contributed by atoms with Crippen molar-refractivity contribution in [1.29, 1.82) is 0 Å². The average Bonchev–Trinajstić information content (AvgIpc) is 2.40. The number of ether oxygens (including phenoxy) is 1. The molecule has 0 aromatic heterocycles. The number of halogens is 1. The minimum atomic E-state index is -1.06. The molecule has 7 heteroatoms. The van der Waals surface area contributed by atoms with Crippen LogP contribution in [0.3, 0.4) is 0 Å². The quantitative estimate of drug-likeness (QED) is 0.680. The van der Waals surface area contributed by atoms with Gasteiger partial charge in [0.25, 0.3) is 0 Å². The van der Waals surface area contributed by atoms with Gasteiger partial charge in [0.05, 0.1) is 10.5 Å². The van der Waals surface area contributed by atoms with Crippen LogP contribution in [0.15, 0.2) is 36.4 Å². The van der Waals surface area contributed by atoms with E-state index in [1.165, 1.54) is 36.4 Å². The molecule has 0 radical (unpaired) electrons. The van der Waals surface area contributed by atoms with E-state index in [0.29, 0.717) is 11.3 Å². The van der Waals surface area contributed by atoms with Crippen LogP contribution in [0.1, 0.15) is 15.9 Å². The molecule has 1 N–H and O–H groups in total. The predicted octanol–water partition coefficient (Wildman–Crippen LogP) is 4.05. The van der Waals surface area contributed by atoms with Crippen molar-refractivity contribution in [2.24, 2.45) is 0 Å². The number of rotatable bonds is 4. The summed E-state index contributed by atoms with van der Waals surface area (Å²) in [7, 11) is 0. The molecule has 0 aliphatic carbocycles. The Balaban J connectivity index is 2.42. The van der Waals surface area contributed by atoms with Gasteiger partial charge in [-0.15, -0.1) is 0 Å². The number of carbonyl (C=O) groups is 1. The SMILES string of the molecule is Cc1cc(C(=O)O)ccc1Oc1cccc(Cl)c1[N+](=O)[O-]. The van der Waals surface area contributed by atoms with Gasteiger partial charge in [-0.2, -0.15) is 0 Å². The number of carboxylic acid groups (broad SMARTS) is 1. The summed E-state index contributed by atoms with van der Waals surface area (Å²) < 4.78 is 5.50. The summed E-state index contributed by atoms with van der Waals surface area (Å²) in [6.45, 7) is 1.65. The van der Waals surface area contributed by atoms with E-state index in [1.54, 1.807) is 6.92 Å². The number of aryl methyl sites for hydroxylation is 1. The summed E-state index contributed by atoms with van der Waals surface area (Å²) in [5.41, 5.74) is 0.325. The monoisotopic (exact) mass is 307 g/mol. The molecule has 0 atom stereocenters. The highest BCUT2D eigenvalue weighted by Crippen LogP contribution is 2.37. The number of benzene rings is 2. The number of carboxylic acids is 1. The number of nitrogens with zero attached hydrogens (tertiary/aromatic N) is 1. The number of aromatic carboxylic acids is 1. The highest BCUT2D eigenvalue weighted by molar-refractivity contribution is 6.32. The second-order valence-corrected chi connectivity index (χ2v) is 4.64. The zero-order chi connectivity index (χ0) is 15.6. The van der Waals surface area contributed by atoms with Gasteiger partial charge in [0.1, 0.15) is 10.8 Å². The van der Waals surface area contributed by atoms with Crippen LogP contribution >= 0.6 is 11.6 Å². The molecule has 0 spiro atoms. The van der Waals surface area contributed by atoms with Crippen molar-refractivity contribution >= 4 is 23.3 Å². The first-order valence-corrected chi connectivity index (χ1v) is 6.22. The molecule has 2 aromatic rings. The first kappa shape index (κ1) is 14.8. The minimum Gasteiger partial charge on any atom is -0.478 e. The highest BCUT2D eigenvalue weighted by Gasteiger charge is 2.21. The Kier molecular flexibility index (Phi) is 4.09. The maximum absolute atomic E-state index is 11.0. The Morgan fingerprint density at radius 1 is 1.29 bits per heavy atom. The fourth-order valence-corrected chi connectivity index (χ4v) is 2.01. The van der Waals surface area contributed by atoms with Crippen LogP contribution < -0.4 is 4.74 Å². The molecule has 0 aliphatic rings. The van der Waals surface area contributed by atoms with Crippen molar-refractivity contribution in [3.05, 3.63) is 62.7 Å². The van der Waals surface area contributed by atoms with E-state index < -0.39 is 10.9 Å². The third-order valence-electron chi connectivity index (χ3n) is 2.77. The number of hydrogen-bond donors (Lipinski definition) is 1. The number of nitro benzene ring substituents is 1. The first-order valence-electron chi connectivity index (χ1n) is 5.85. The lowest BCUT2D eigenvalue weighted by atomic mass is 10.1. The molecule has 0 fully saturated rings. The van der Waals surface area contributed by atoms with Gasteiger partial charge in [-0.3, -0.25) is 10.1 Å². The fourth-order valence-electron chi connectivity index (χ4n) is 1.77. The number of hydrogen-bond acceptors (Lipinski definition) is 4. The second-order valence-electron chi connectivity index (χ2n) is 4.23. The van der Waals surface area contributed by atoms with E-state index in [4.69, 9.17) is 21.4 Å². The molecule has 0 amide bonds. The molecule has 108 valence electrons. The summed E-state index contributed by atoms with van der Waals surface area (Å²) in [5, 5.41) is 19.9. The van der Waals surface area contributed by atoms with Gasteiger partial charge in [0, 0.05) is 0 Å². The smallest absolute Gasteiger partial charge is 0.335 e. The van der Waals surface area contributed by atoms with Gasteiger partial charge in [0.2, 0.25) is 5.75 Å². The van der Waals surface area contributed by atoms with Crippen LogP contribution in [0.25, 0.3) is 0 Å². The van der Waals surface area contributed by atoms with Crippen molar-refractivity contribution in [2.45, 2.75) is 6.92 Å². The Hall–Kier alpha value is -2.60. The standard InChI is InChI=1S/C14H10ClNO5/c1-8-7-9(14(17)18)5-6-11(8)21-12-4-2-3-10(15)13(12)16(19)20/h2-7H,1H3,(H,17,18). The Morgan fingerprint density at radius 2 is 2.00 bits per heavy atom. The third kappa shape index (κ3) is 3.11. The molecule has 21 heavy (non-hydrogen) atoms. The molecule has 2 aromatic carbocycles. The summed E-state index contributed by atoms with van der Waals surface area (Å²) >= 11 is 5.80. The van der Waals surface area contributed by atoms with Crippen molar-refractivity contribution in [2.75, 3.05) is 0 Å². The highest BCUT2D eigenvalue weighted by atomic mass is 35.5. The molecule has 0 saturated carbocycles. The van der Waals surface area contributed by atoms with Crippen LogP contribution in [-0.4, -0.2) is 16.0 Å². The molecule has 0 heterocycles. The van der Waals surface area contributed by atoms with Crippen LogP contribution in [0.5, 0.6) is 11.5 Å². The normalized spacial score (nSPS) is 10.2. The van der Waals surface area contributed by atoms with Crippen molar-refractivity contribution < 1.29 is 19.6 Å². The summed E-state index contributed by atoms with van der Waals surface area (Å²) in [4.78, 5) is 21.3. The van der Waals surface area contributed by atoms with E-state index in [-0.39, 0.29) is 22.0 Å². The van der Waals surface area contributed by atoms with Crippen LogP contribution in [0, 0.1) is 17.0 Å². The van der Waals surface area contributed by atoms with E-state index in [0.717, 1.165) is 0 Å². The zero-order valence-electron chi connectivity index (χ0n) is 10.9. The average molecular weight is 308 g/mol. The molecular formula is C14H10ClNO5. The molecular weight excluding hydrogens is 298 g/mol. The van der Waals surface area contributed by atoms with Crippen molar-refractivity contribution in [3.63, 3.8) is 0 Å². The zero-order valence-corrected chi connectivity index (χ0v) is 11.6. The van der Waals surface area contributed by atoms with Crippen molar-refractivity contribution in [3.8, 4) is 11.5 Å². The lowest BCUT2D eigenvalue weighted by molar-refractivity contribution is -0.385. The maximum atomic E-state index is 11.0. The van der Waals surface area contributed by atoms with Crippen LogP contribution in [0.4, 0.5) is 5.69 Å². The van der Waals surface area contributed by atoms with Crippen LogP contribution in [0.2, 0.25) is 5.02 Å². The van der Waals surface area contributed by atoms with Crippen molar-refractivity contribution in [1.82, 2.24) is 0 Å². The largest absolute Gasteiger partial charge is 0.478 e. The van der Waals surface area contributed by atoms with E-state index in [2.05, 4.69) is 0 Å². The van der Waals surface area contributed by atoms with Gasteiger partial charge < -0.3 is 9.84 Å². The van der Waals surface area contributed by atoms with E-state index >= 15 is 0 Å². The molecule has 0 bridgehead atoms. The molecule has 0 unspecified atom stereocenters. The van der Waals surface area contributed by atoms with Gasteiger partial charge in [-0.1, -0.05) is 17.7 Å². The molecule has 2 rings (SSSR count). The Labute approximate surface area is 124 Å². The molecule has 0 saturated heterocycles. The second kappa shape index (κ2) is 5.80. The number of para-hydroxylation sites is 1. The lowest BCUT2D eigenvalue weighted by Gasteiger charge is -2.10. The Morgan fingerprint density at radius 3 is 2.57 bits per heavy atom. The molecule has 6 nitrogen and oxygen atoms in total. The topological polar surface area (TPSA) is 89.7 Å². The van der Waals surface area contributed by atoms with Gasteiger partial charge in [-0.25, -0.2) is 4.79 Å². The lowest BCUT2D eigenvalue weighted by Crippen LogP contribution is -1.99. The molecule has 0 aliphatic heterocycles. The van der Waals surface area contributed by atoms with Gasteiger partial charge >= 0.3 is 11.7 Å². The summed E-state index contributed by atoms with van der Waals surface area (Å²) in [6.07, 6.45) is 0. The number of nitro groups is 1. The first-order chi connectivity index (χ1) is 9.90. The predicted molar refractivity (Wildman–Crippen MR) is 76.3 cm³/mol. The Bertz CT molecular complexity index is 729. The summed E-state index contributed by atoms with van der Waals surface area (Å²) in [5.74, 6) is -0.734. The fraction of sp³-hybridized carbons (Fsp3) is 0.0714. The van der Waals surface area contributed by atoms with E-state index in [1.807, 2.05) is 0 Å². The summed E-state index contributed by atoms with van der Waals surface area (Å²) in [6, 6.07) is 8.59. The van der Waals surface area contributed by atoms with Gasteiger partial charge in [0.15, 0.2) is 0 Å². The minimum absolute atomic E-state index is 0.00123. The maximum Gasteiger partial charge on any atom is 0.335 e. The van der Waals surface area contributed by atoms with Crippen LogP contribution in [-0.2, 0) is 0 Å². The van der Waals surface area contributed by atoms with Gasteiger partial charge in [-0.05, 0) is 42.8 Å². The van der Waals surface area contributed by atoms with E-state index in [9.17, 15) is 14.9 Å². The third-order valence-corrected chi connectivity index (χ3v) is 3.08.